The Hall–Kier alpha value is -3.80. The fourth-order valence-corrected chi connectivity index (χ4v) is 23.1. The molecule has 2 unspecified atom stereocenters. The summed E-state index contributed by atoms with van der Waals surface area (Å²) in [6.45, 7) is 27.9. The normalized spacial score (nSPS) is 48.3. The second-order valence-electron chi connectivity index (χ2n) is 42.1. The van der Waals surface area contributed by atoms with Gasteiger partial charge in [0.15, 0.2) is 50.1 Å². The molecule has 0 spiro atoms. The summed E-state index contributed by atoms with van der Waals surface area (Å²) in [6, 6.07) is 0. The highest BCUT2D eigenvalue weighted by Gasteiger charge is 2.71. The molecule has 8 heterocycles. The standard InChI is InChI=1S/C93H148O40/c1-15-88(10,115)25-17-19-42(3)34-116-73-59(101)49(96)38-122-83(73)133-89(11,16-2)26-18-20-43(4)76(113)117-40-52-62(104)64(106)75(131-80-69(111)65(107)71(44(5)124-80)128-79-70(112)72(51(98)39-120-79)129-77-66(108)57(99)47(94)35-118-77)84(126-52)132-85(114)93-31-29-86(6,7)33-46(93)45-21-22-55-90(12)27-24-56(87(8,9)54(90)23-28-92(55,14)91(45,13)30-32-93)127-81-68(110)63(105)61(103)53(125-81)41-123-82-74(60(102)50(97)37-121-82)130-78-67(109)58(100)48(95)36-119-78/h15-16,19-21,44,46-75,77-84,94-112,115H,1-2,17-18,22-41H2,3-14H3/b42-19+,43-20+/t44-,46-,47+,48-,49-,50+,51+,52-,53+,54?,55?,56-,57-,58+,59-,60+,61+,62-,63-,64+,65-,66+,67-,68+,69+,70+,71-,72-,73+,74-,75-,77-,78+,79-,80-,81-,82+,83-,84+,88-,89-,90-,91+,92+,93-/m0/s1. The Balaban J connectivity index is 0.707. The second kappa shape index (κ2) is 42.4. The Morgan fingerprint density at radius 1 is 0.481 bits per heavy atom. The Kier molecular flexibility index (Phi) is 33.9. The zero-order valence-electron chi connectivity index (χ0n) is 78.0. The van der Waals surface area contributed by atoms with Crippen molar-refractivity contribution in [2.75, 3.05) is 52.9 Å². The van der Waals surface area contributed by atoms with E-state index in [-0.39, 0.29) is 59.7 Å². The summed E-state index contributed by atoms with van der Waals surface area (Å²) in [7, 11) is 0. The Morgan fingerprint density at radius 2 is 0.992 bits per heavy atom. The largest absolute Gasteiger partial charge is 0.459 e. The van der Waals surface area contributed by atoms with Gasteiger partial charge in [0.25, 0.3) is 0 Å². The number of ether oxygens (including phenoxy) is 18. The van der Waals surface area contributed by atoms with Gasteiger partial charge in [0, 0.05) is 5.57 Å². The molecule has 760 valence electrons. The van der Waals surface area contributed by atoms with E-state index in [1.165, 1.54) is 26.0 Å². The maximum absolute atomic E-state index is 16.3. The van der Waals surface area contributed by atoms with Crippen molar-refractivity contribution >= 4 is 11.9 Å². The van der Waals surface area contributed by atoms with Crippen molar-refractivity contribution in [1.82, 2.24) is 0 Å². The third kappa shape index (κ3) is 21.8. The summed E-state index contributed by atoms with van der Waals surface area (Å²) in [6.07, 6.45) is -42.7. The highest BCUT2D eigenvalue weighted by molar-refractivity contribution is 5.87. The van der Waals surface area contributed by atoms with Crippen molar-refractivity contribution in [3.63, 3.8) is 0 Å². The molecule has 0 aromatic heterocycles. The predicted octanol–water partition coefficient (Wildman–Crippen LogP) is -1.61. The van der Waals surface area contributed by atoms with Crippen LogP contribution in [0.15, 0.2) is 60.3 Å². The van der Waals surface area contributed by atoms with Crippen LogP contribution in [0.25, 0.3) is 0 Å². The smallest absolute Gasteiger partial charge is 0.333 e. The third-order valence-electron chi connectivity index (χ3n) is 32.1. The molecule has 8 aliphatic heterocycles. The van der Waals surface area contributed by atoms with Crippen LogP contribution in [0.4, 0.5) is 0 Å². The molecule has 40 heteroatoms. The number of allylic oxidation sites excluding steroid dienone is 4. The molecule has 13 rings (SSSR count). The molecule has 0 aromatic rings. The monoisotopic (exact) mass is 1900 g/mol. The zero-order valence-corrected chi connectivity index (χ0v) is 78.0. The van der Waals surface area contributed by atoms with Crippen LogP contribution in [0, 0.1) is 50.2 Å². The molecule has 40 nitrogen and oxygen atoms in total. The van der Waals surface area contributed by atoms with E-state index < -0.39 is 306 Å². The number of aliphatic hydroxyl groups is 20. The number of hydrogen-bond donors (Lipinski definition) is 20. The van der Waals surface area contributed by atoms with E-state index >= 15 is 4.79 Å². The lowest BCUT2D eigenvalue weighted by Crippen LogP contribution is -2.67. The van der Waals surface area contributed by atoms with Gasteiger partial charge in [0.2, 0.25) is 6.29 Å². The van der Waals surface area contributed by atoms with Crippen LogP contribution < -0.4 is 0 Å². The van der Waals surface area contributed by atoms with Crippen molar-refractivity contribution in [1.29, 1.82) is 0 Å². The molecule has 8 saturated heterocycles. The average molecular weight is 1910 g/mol. The van der Waals surface area contributed by atoms with Crippen LogP contribution in [0.1, 0.15) is 173 Å². The molecule has 0 amide bonds. The van der Waals surface area contributed by atoms with E-state index in [9.17, 15) is 107 Å². The zero-order chi connectivity index (χ0) is 97.2. The fourth-order valence-electron chi connectivity index (χ4n) is 23.1. The number of aliphatic hydroxyl groups excluding tert-OH is 19. The van der Waals surface area contributed by atoms with E-state index in [0.29, 0.717) is 64.2 Å². The van der Waals surface area contributed by atoms with Gasteiger partial charge in [-0.1, -0.05) is 90.0 Å². The first-order chi connectivity index (χ1) is 62.4. The fraction of sp³-hybridized carbons (Fsp3) is 0.871. The number of rotatable bonds is 31. The number of carbonyl (C=O) groups is 2. The van der Waals surface area contributed by atoms with Gasteiger partial charge in [-0.2, -0.15) is 0 Å². The van der Waals surface area contributed by atoms with E-state index in [1.54, 1.807) is 19.9 Å². The van der Waals surface area contributed by atoms with Crippen LogP contribution >= 0.6 is 0 Å². The van der Waals surface area contributed by atoms with Gasteiger partial charge >= 0.3 is 11.9 Å². The van der Waals surface area contributed by atoms with Crippen molar-refractivity contribution in [2.24, 2.45) is 50.2 Å². The van der Waals surface area contributed by atoms with Gasteiger partial charge < -0.3 is 187 Å². The molecule has 45 atom stereocenters. The van der Waals surface area contributed by atoms with Crippen molar-refractivity contribution in [3.05, 3.63) is 60.3 Å². The molecule has 13 aliphatic rings. The van der Waals surface area contributed by atoms with Crippen LogP contribution in [0.2, 0.25) is 0 Å². The summed E-state index contributed by atoms with van der Waals surface area (Å²) in [4.78, 5) is 30.4. The van der Waals surface area contributed by atoms with Gasteiger partial charge in [0.05, 0.1) is 75.1 Å². The second-order valence-corrected chi connectivity index (χ2v) is 42.1. The molecular formula is C93H148O40. The van der Waals surface area contributed by atoms with Gasteiger partial charge in [-0.05, 0) is 169 Å². The maximum atomic E-state index is 16.3. The Morgan fingerprint density at radius 3 is 1.63 bits per heavy atom. The Bertz CT molecular complexity index is 4000. The lowest BCUT2D eigenvalue weighted by atomic mass is 9.33. The Labute approximate surface area is 774 Å². The van der Waals surface area contributed by atoms with E-state index in [1.807, 2.05) is 13.0 Å². The van der Waals surface area contributed by atoms with E-state index in [4.69, 9.17) is 85.3 Å². The number of esters is 2. The van der Waals surface area contributed by atoms with Crippen LogP contribution in [0.3, 0.4) is 0 Å². The first kappa shape index (κ1) is 107. The summed E-state index contributed by atoms with van der Waals surface area (Å²) in [5, 5.41) is 222. The lowest BCUT2D eigenvalue weighted by Gasteiger charge is -2.71. The maximum Gasteiger partial charge on any atom is 0.333 e. The van der Waals surface area contributed by atoms with Crippen LogP contribution in [-0.2, 0) is 94.9 Å². The van der Waals surface area contributed by atoms with Gasteiger partial charge in [-0.25, -0.2) is 4.79 Å². The topological polar surface area (TPSA) is 605 Å². The molecule has 0 bridgehead atoms. The first-order valence-corrected chi connectivity index (χ1v) is 47.0. The molecule has 4 saturated carbocycles. The molecule has 20 N–H and O–H groups in total. The van der Waals surface area contributed by atoms with Crippen molar-refractivity contribution < 1.29 is 197 Å². The van der Waals surface area contributed by atoms with Gasteiger partial charge in [0.1, 0.15) is 159 Å². The highest BCUT2D eigenvalue weighted by atomic mass is 16.8. The third-order valence-corrected chi connectivity index (χ3v) is 32.1. The van der Waals surface area contributed by atoms with Gasteiger partial charge in [-0.15, -0.1) is 13.2 Å². The first-order valence-electron chi connectivity index (χ1n) is 47.0. The van der Waals surface area contributed by atoms with E-state index in [0.717, 1.165) is 24.0 Å². The SMILES string of the molecule is C=C[C@](C)(O)CC/C=C(\C)CO[C@H]1[C@H](O[C@@](C)(C=C)CC/C=C(\C)C(=O)OC[C@@H]2O[C@H](OC(=O)[C@]34CCC(C)(C)C[C@H]3C3=CCC5[C@@]6(C)CC[C@H](O[C@@H]7O[C@H](CO[C@H]8OC[C@@H](O)[C@@H](O)[C@@H]8O[C@H]8OC[C@H](O)[C@@H](O)[C@@H]8O)[C@@H](O)[C@H](O)[C@H]7O)C(C)(C)C6CC[C@@]5(C)[C@]3(C)CC4)[C@@H](O[C@@H]3O[C@@H](C)[C@H](O[C@@H]4OC[C@@H](O)[C@H](O[C@@H]5OC[C@@H](O)[C@H](O)[C@H]5O)[C@H]4O)[C@@H](O)[C@H]3O)[C@H](O)[C@H]2O)OC[C@H](O)[C@@H]1O. The average Bonchev–Trinajstić information content (AvgIpc) is 0.672. The number of carbonyl (C=O) groups excluding carboxylic acids is 2. The molecule has 12 fully saturated rings. The summed E-state index contributed by atoms with van der Waals surface area (Å²) in [5.74, 6) is -1.95. The van der Waals surface area contributed by atoms with Crippen molar-refractivity contribution in [3.8, 4) is 0 Å². The molecule has 5 aliphatic carbocycles. The van der Waals surface area contributed by atoms with Crippen molar-refractivity contribution in [2.45, 2.75) is 405 Å². The van der Waals surface area contributed by atoms with E-state index in [2.05, 4.69) is 67.7 Å². The molecular weight excluding hydrogens is 1760 g/mol. The molecule has 133 heavy (non-hydrogen) atoms. The summed E-state index contributed by atoms with van der Waals surface area (Å²) >= 11 is 0. The molecule has 0 radical (unpaired) electrons. The molecule has 0 aromatic carbocycles. The number of fused-ring (bicyclic) bond motifs is 7. The number of hydrogen-bond acceptors (Lipinski definition) is 40. The lowest BCUT2D eigenvalue weighted by molar-refractivity contribution is -0.379. The summed E-state index contributed by atoms with van der Waals surface area (Å²) < 4.78 is 109. The summed E-state index contributed by atoms with van der Waals surface area (Å²) in [5.41, 5.74) is -3.68. The minimum Gasteiger partial charge on any atom is -0.459 e. The van der Waals surface area contributed by atoms with Crippen LogP contribution in [-0.4, -0.2) is 399 Å². The quantitative estimate of drug-likeness (QED) is 0.0161. The predicted molar refractivity (Wildman–Crippen MR) is 457 cm³/mol. The minimum atomic E-state index is -2.10. The van der Waals surface area contributed by atoms with Gasteiger partial charge in [-0.3, -0.25) is 4.79 Å². The van der Waals surface area contributed by atoms with Crippen LogP contribution in [0.5, 0.6) is 0 Å². The highest BCUT2D eigenvalue weighted by Crippen LogP contribution is 2.76. The minimum absolute atomic E-state index is 0.0112.